The third-order valence-corrected chi connectivity index (χ3v) is 6.23. The fraction of sp³-hybridized carbons (Fsp3) is 0.250. The number of Topliss-reactive ketones (excluding diaryl/α,β-unsaturated/α-hetero) is 1. The molecule has 0 unspecified atom stereocenters. The van der Waals surface area contributed by atoms with E-state index in [-0.39, 0.29) is 11.2 Å². The number of carbonyl (C=O) groups is 2. The fourth-order valence-corrected chi connectivity index (χ4v) is 4.58. The highest BCUT2D eigenvalue weighted by atomic mass is 79.9. The summed E-state index contributed by atoms with van der Waals surface area (Å²) < 4.78 is 1.09. The molecule has 142 valence electrons. The molecule has 4 heteroatoms. The van der Waals surface area contributed by atoms with Crippen LogP contribution in [-0.2, 0) is 16.8 Å². The number of hydrogen-bond acceptors (Lipinski definition) is 2. The normalized spacial score (nSPS) is 14.6. The van der Waals surface area contributed by atoms with E-state index < -0.39 is 0 Å². The summed E-state index contributed by atoms with van der Waals surface area (Å²) in [6.07, 6.45) is 4.27. The molecular formula is C24H22BrNO2. The van der Waals surface area contributed by atoms with E-state index in [1.54, 1.807) is 0 Å². The maximum absolute atomic E-state index is 12.9. The van der Waals surface area contributed by atoms with Gasteiger partial charge in [0.1, 0.15) is 0 Å². The highest BCUT2D eigenvalue weighted by Gasteiger charge is 2.45. The Labute approximate surface area is 173 Å². The van der Waals surface area contributed by atoms with Crippen LogP contribution in [0, 0.1) is 0 Å². The van der Waals surface area contributed by atoms with Gasteiger partial charge in [0.25, 0.3) is 0 Å². The van der Waals surface area contributed by atoms with Gasteiger partial charge in [-0.25, -0.2) is 0 Å². The molecule has 3 aromatic rings. The number of nitrogens with one attached hydrogen (secondary N) is 1. The first-order valence-corrected chi connectivity index (χ1v) is 10.4. The number of carbonyl (C=O) groups excluding carboxylic acids is 2. The summed E-state index contributed by atoms with van der Waals surface area (Å²) in [4.78, 5) is 23.6. The third-order valence-electron chi connectivity index (χ3n) is 5.78. The zero-order valence-corrected chi connectivity index (χ0v) is 17.2. The standard InChI is InChI=1S/C24H22BrNO2/c25-19-13-17-5-1-3-7-20(17)22(14-19)24(11-12-24)10-9-23(28)21-8-4-2-6-18(21)15-26-16-27/h1-8,13-14,16H,9-12,15H2,(H,26,27). The molecule has 3 aromatic carbocycles. The van der Waals surface area contributed by atoms with Gasteiger partial charge in [0.05, 0.1) is 0 Å². The molecule has 4 rings (SSSR count). The summed E-state index contributed by atoms with van der Waals surface area (Å²) >= 11 is 3.65. The molecule has 0 bridgehead atoms. The highest BCUT2D eigenvalue weighted by Crippen LogP contribution is 2.54. The number of ketones is 1. The third kappa shape index (κ3) is 3.74. The van der Waals surface area contributed by atoms with Gasteiger partial charge in [0.15, 0.2) is 5.78 Å². The van der Waals surface area contributed by atoms with Crippen molar-refractivity contribution in [3.63, 3.8) is 0 Å². The maximum Gasteiger partial charge on any atom is 0.207 e. The van der Waals surface area contributed by atoms with Crippen LogP contribution in [0.1, 0.15) is 47.2 Å². The smallest absolute Gasteiger partial charge is 0.207 e. The first kappa shape index (κ1) is 18.9. The Morgan fingerprint density at radius 2 is 1.82 bits per heavy atom. The van der Waals surface area contributed by atoms with Crippen molar-refractivity contribution in [1.29, 1.82) is 0 Å². The van der Waals surface area contributed by atoms with E-state index in [1.165, 1.54) is 16.3 Å². The van der Waals surface area contributed by atoms with Crippen LogP contribution in [0.25, 0.3) is 10.8 Å². The van der Waals surface area contributed by atoms with Gasteiger partial charge in [-0.15, -0.1) is 0 Å². The van der Waals surface area contributed by atoms with Gasteiger partial charge in [-0.2, -0.15) is 0 Å². The van der Waals surface area contributed by atoms with Crippen LogP contribution in [0.2, 0.25) is 0 Å². The lowest BCUT2D eigenvalue weighted by Crippen LogP contribution is -2.15. The van der Waals surface area contributed by atoms with Crippen molar-refractivity contribution in [3.8, 4) is 0 Å². The molecular weight excluding hydrogens is 414 g/mol. The molecule has 1 saturated carbocycles. The van der Waals surface area contributed by atoms with Gasteiger partial charge >= 0.3 is 0 Å². The molecule has 0 radical (unpaired) electrons. The second-order valence-electron chi connectivity index (χ2n) is 7.53. The van der Waals surface area contributed by atoms with Crippen molar-refractivity contribution in [2.75, 3.05) is 0 Å². The van der Waals surface area contributed by atoms with Crippen molar-refractivity contribution in [2.45, 2.75) is 37.6 Å². The first-order chi connectivity index (χ1) is 13.6. The number of halogens is 1. The molecule has 1 N–H and O–H groups in total. The second-order valence-corrected chi connectivity index (χ2v) is 8.45. The SMILES string of the molecule is O=CNCc1ccccc1C(=O)CCC1(c2cc(Br)cc3ccccc23)CC1. The minimum atomic E-state index is 0.0923. The molecule has 28 heavy (non-hydrogen) atoms. The van der Waals surface area contributed by atoms with E-state index in [9.17, 15) is 9.59 Å². The lowest BCUT2D eigenvalue weighted by Gasteiger charge is -2.19. The summed E-state index contributed by atoms with van der Waals surface area (Å²) in [5, 5.41) is 5.17. The Hall–Kier alpha value is -2.46. The number of rotatable bonds is 8. The summed E-state index contributed by atoms with van der Waals surface area (Å²) in [5.41, 5.74) is 3.03. The molecule has 0 spiro atoms. The van der Waals surface area contributed by atoms with E-state index in [4.69, 9.17) is 0 Å². The lowest BCUT2D eigenvalue weighted by molar-refractivity contribution is -0.109. The zero-order chi connectivity index (χ0) is 19.6. The number of amides is 1. The Bertz CT molecular complexity index is 1040. The highest BCUT2D eigenvalue weighted by molar-refractivity contribution is 9.10. The predicted octanol–water partition coefficient (Wildman–Crippen LogP) is 5.54. The van der Waals surface area contributed by atoms with Gasteiger partial charge in [-0.3, -0.25) is 9.59 Å². The molecule has 0 heterocycles. The van der Waals surface area contributed by atoms with Crippen LogP contribution in [0.5, 0.6) is 0 Å². The summed E-state index contributed by atoms with van der Waals surface area (Å²) in [6, 6.07) is 20.4. The summed E-state index contributed by atoms with van der Waals surface area (Å²) in [7, 11) is 0. The summed E-state index contributed by atoms with van der Waals surface area (Å²) in [5.74, 6) is 0.147. The van der Waals surface area contributed by atoms with E-state index >= 15 is 0 Å². The van der Waals surface area contributed by atoms with Gasteiger partial charge in [-0.1, -0.05) is 64.5 Å². The second kappa shape index (κ2) is 7.88. The molecule has 0 aromatic heterocycles. The molecule has 3 nitrogen and oxygen atoms in total. The molecule has 1 fully saturated rings. The molecule has 1 amide bonds. The number of fused-ring (bicyclic) bond motifs is 1. The van der Waals surface area contributed by atoms with Crippen molar-refractivity contribution in [2.24, 2.45) is 0 Å². The van der Waals surface area contributed by atoms with E-state index in [0.29, 0.717) is 24.9 Å². The van der Waals surface area contributed by atoms with Crippen LogP contribution in [0.4, 0.5) is 0 Å². The minimum absolute atomic E-state index is 0.0923. The van der Waals surface area contributed by atoms with Crippen LogP contribution < -0.4 is 5.32 Å². The maximum atomic E-state index is 12.9. The van der Waals surface area contributed by atoms with Crippen molar-refractivity contribution in [3.05, 3.63) is 81.8 Å². The zero-order valence-electron chi connectivity index (χ0n) is 15.6. The fourth-order valence-electron chi connectivity index (χ4n) is 4.10. The Morgan fingerprint density at radius 1 is 1.07 bits per heavy atom. The molecule has 1 aliphatic rings. The van der Waals surface area contributed by atoms with Crippen molar-refractivity contribution in [1.82, 2.24) is 5.32 Å². The molecule has 0 saturated heterocycles. The van der Waals surface area contributed by atoms with Gasteiger partial charge in [-0.05, 0) is 58.7 Å². The Morgan fingerprint density at radius 3 is 2.61 bits per heavy atom. The Kier molecular flexibility index (Phi) is 5.31. The first-order valence-electron chi connectivity index (χ1n) is 9.60. The van der Waals surface area contributed by atoms with Crippen LogP contribution in [0.15, 0.2) is 65.1 Å². The van der Waals surface area contributed by atoms with Crippen LogP contribution >= 0.6 is 15.9 Å². The largest absolute Gasteiger partial charge is 0.355 e. The molecule has 0 atom stereocenters. The number of hydrogen-bond donors (Lipinski definition) is 1. The number of benzene rings is 3. The van der Waals surface area contributed by atoms with Gasteiger partial charge in [0.2, 0.25) is 6.41 Å². The topological polar surface area (TPSA) is 46.2 Å². The van der Waals surface area contributed by atoms with E-state index in [0.717, 1.165) is 29.3 Å². The predicted molar refractivity (Wildman–Crippen MR) is 115 cm³/mol. The lowest BCUT2D eigenvalue weighted by atomic mass is 9.85. The quantitative estimate of drug-likeness (QED) is 0.372. The Balaban J connectivity index is 1.56. The van der Waals surface area contributed by atoms with Crippen molar-refractivity contribution < 1.29 is 9.59 Å². The average molecular weight is 436 g/mol. The van der Waals surface area contributed by atoms with E-state index in [1.807, 2.05) is 24.3 Å². The monoisotopic (exact) mass is 435 g/mol. The molecule has 1 aliphatic carbocycles. The van der Waals surface area contributed by atoms with Gasteiger partial charge < -0.3 is 5.32 Å². The van der Waals surface area contributed by atoms with Crippen molar-refractivity contribution >= 4 is 38.9 Å². The minimum Gasteiger partial charge on any atom is -0.355 e. The molecule has 0 aliphatic heterocycles. The summed E-state index contributed by atoms with van der Waals surface area (Å²) in [6.45, 7) is 0.382. The van der Waals surface area contributed by atoms with Gasteiger partial charge in [0, 0.05) is 23.0 Å². The van der Waals surface area contributed by atoms with E-state index in [2.05, 4.69) is 57.6 Å². The van der Waals surface area contributed by atoms with Crippen LogP contribution in [0.3, 0.4) is 0 Å². The average Bonchev–Trinajstić information content (AvgIpc) is 3.51. The van der Waals surface area contributed by atoms with Crippen LogP contribution in [-0.4, -0.2) is 12.2 Å².